The van der Waals surface area contributed by atoms with Crippen LogP contribution in [0, 0.1) is 0 Å². The Morgan fingerprint density at radius 2 is 1.91 bits per heavy atom. The first-order valence-corrected chi connectivity index (χ1v) is 10.4. The Morgan fingerprint density at radius 1 is 1.19 bits per heavy atom. The largest absolute Gasteiger partial charge is 0.522 e. The molecule has 32 heavy (non-hydrogen) atoms. The highest BCUT2D eigenvalue weighted by Gasteiger charge is 2.41. The van der Waals surface area contributed by atoms with E-state index >= 15 is 0 Å². The molecule has 0 unspecified atom stereocenters. The summed E-state index contributed by atoms with van der Waals surface area (Å²) in [6.07, 6.45) is -5.50. The standard InChI is InChI=1S/C19H18Cl2F3N5O3/c20-12-2-1-9(5-13(12)21)16-15(17(25)30)14-8-28(3-4-29(14)27-16)18(31)26-10-6-11(7-10)32-19(22,23)24/h1-2,5,10-11H,3-4,6-8H2,(H2,25,30)(H,26,31). The fourth-order valence-corrected chi connectivity index (χ4v) is 4.13. The highest BCUT2D eigenvalue weighted by atomic mass is 35.5. The molecule has 0 bridgehead atoms. The van der Waals surface area contributed by atoms with Gasteiger partial charge in [0.05, 0.1) is 40.5 Å². The third-order valence-corrected chi connectivity index (χ3v) is 6.17. The fraction of sp³-hybridized carbons (Fsp3) is 0.421. The van der Waals surface area contributed by atoms with Gasteiger partial charge in [-0.15, -0.1) is 13.2 Å². The smallest absolute Gasteiger partial charge is 0.365 e. The quantitative estimate of drug-likeness (QED) is 0.682. The molecule has 0 radical (unpaired) electrons. The Hall–Kier alpha value is -2.50. The maximum atomic E-state index is 12.6. The second kappa shape index (κ2) is 8.45. The van der Waals surface area contributed by atoms with Crippen LogP contribution < -0.4 is 11.1 Å². The predicted octanol–water partition coefficient (Wildman–Crippen LogP) is 3.55. The monoisotopic (exact) mass is 491 g/mol. The summed E-state index contributed by atoms with van der Waals surface area (Å²) >= 11 is 12.0. The molecule has 1 aromatic heterocycles. The normalized spacial score (nSPS) is 20.5. The van der Waals surface area contributed by atoms with Crippen molar-refractivity contribution >= 4 is 35.1 Å². The minimum Gasteiger partial charge on any atom is -0.365 e. The first-order chi connectivity index (χ1) is 15.0. The summed E-state index contributed by atoms with van der Waals surface area (Å²) in [5.41, 5.74) is 7.13. The number of halogens is 5. The SMILES string of the molecule is NC(=O)c1c(-c2ccc(Cl)c(Cl)c2)nn2c1CN(C(=O)NC1CC(OC(F)(F)F)C1)CC2. The summed E-state index contributed by atoms with van der Waals surface area (Å²) in [4.78, 5) is 26.3. The number of aromatic nitrogens is 2. The Morgan fingerprint density at radius 3 is 2.53 bits per heavy atom. The van der Waals surface area contributed by atoms with Gasteiger partial charge in [0.1, 0.15) is 5.69 Å². The van der Waals surface area contributed by atoms with Gasteiger partial charge in [0.2, 0.25) is 0 Å². The van der Waals surface area contributed by atoms with E-state index in [1.807, 2.05) is 0 Å². The zero-order valence-corrected chi connectivity index (χ0v) is 18.0. The summed E-state index contributed by atoms with van der Waals surface area (Å²) in [7, 11) is 0. The second-order valence-electron chi connectivity index (χ2n) is 7.61. The van der Waals surface area contributed by atoms with Crippen molar-refractivity contribution in [1.29, 1.82) is 0 Å². The Bertz CT molecular complexity index is 1070. The molecule has 1 saturated carbocycles. The van der Waals surface area contributed by atoms with Gasteiger partial charge in [0, 0.05) is 18.2 Å². The molecular weight excluding hydrogens is 474 g/mol. The lowest BCUT2D eigenvalue weighted by Crippen LogP contribution is -2.54. The van der Waals surface area contributed by atoms with Gasteiger partial charge in [-0.1, -0.05) is 29.3 Å². The first-order valence-electron chi connectivity index (χ1n) is 9.66. The third kappa shape index (κ3) is 4.64. The predicted molar refractivity (Wildman–Crippen MR) is 109 cm³/mol. The number of rotatable bonds is 4. The lowest BCUT2D eigenvalue weighted by atomic mass is 9.89. The van der Waals surface area contributed by atoms with E-state index in [0.29, 0.717) is 40.1 Å². The van der Waals surface area contributed by atoms with Crippen LogP contribution in [0.1, 0.15) is 28.9 Å². The van der Waals surface area contributed by atoms with Gasteiger partial charge in [0.15, 0.2) is 0 Å². The van der Waals surface area contributed by atoms with Crippen LogP contribution in [0.2, 0.25) is 10.0 Å². The number of nitrogens with two attached hydrogens (primary N) is 1. The van der Waals surface area contributed by atoms with E-state index in [1.165, 1.54) is 4.90 Å². The van der Waals surface area contributed by atoms with Crippen LogP contribution in [0.4, 0.5) is 18.0 Å². The van der Waals surface area contributed by atoms with E-state index in [-0.39, 0.29) is 24.9 Å². The van der Waals surface area contributed by atoms with Gasteiger partial charge in [0.25, 0.3) is 5.91 Å². The van der Waals surface area contributed by atoms with Crippen LogP contribution in [0.15, 0.2) is 18.2 Å². The number of carbonyl (C=O) groups is 2. The van der Waals surface area contributed by atoms with E-state index < -0.39 is 30.4 Å². The molecule has 0 spiro atoms. The molecule has 13 heteroatoms. The number of nitrogens with zero attached hydrogens (tertiary/aromatic N) is 3. The summed E-state index contributed by atoms with van der Waals surface area (Å²) in [6, 6.07) is 3.96. The molecule has 4 rings (SSSR count). The number of hydrogen-bond donors (Lipinski definition) is 2. The number of primary amides is 1. The number of fused-ring (bicyclic) bond motifs is 1. The zero-order chi connectivity index (χ0) is 23.2. The van der Waals surface area contributed by atoms with E-state index in [4.69, 9.17) is 28.9 Å². The molecule has 0 saturated heterocycles. The Kier molecular flexibility index (Phi) is 5.99. The minimum atomic E-state index is -4.69. The molecule has 3 amide bonds. The molecule has 0 atom stereocenters. The van der Waals surface area contributed by atoms with E-state index in [1.54, 1.807) is 22.9 Å². The van der Waals surface area contributed by atoms with Crippen molar-refractivity contribution in [3.8, 4) is 11.3 Å². The lowest BCUT2D eigenvalue weighted by Gasteiger charge is -2.37. The number of nitrogens with one attached hydrogen (secondary N) is 1. The maximum absolute atomic E-state index is 12.6. The van der Waals surface area contributed by atoms with Crippen molar-refractivity contribution in [1.82, 2.24) is 20.0 Å². The number of hydrogen-bond acceptors (Lipinski definition) is 4. The molecule has 3 N–H and O–H groups in total. The maximum Gasteiger partial charge on any atom is 0.522 e. The van der Waals surface area contributed by atoms with E-state index in [2.05, 4.69) is 15.2 Å². The van der Waals surface area contributed by atoms with Crippen molar-refractivity contribution in [2.45, 2.75) is 44.4 Å². The third-order valence-electron chi connectivity index (χ3n) is 5.43. The van der Waals surface area contributed by atoms with Crippen molar-refractivity contribution in [3.63, 3.8) is 0 Å². The summed E-state index contributed by atoms with van der Waals surface area (Å²) in [5, 5.41) is 7.81. The molecule has 1 aromatic carbocycles. The number of benzene rings is 1. The average Bonchev–Trinajstić information content (AvgIpc) is 3.06. The highest BCUT2D eigenvalue weighted by molar-refractivity contribution is 6.42. The van der Waals surface area contributed by atoms with Crippen molar-refractivity contribution in [2.24, 2.45) is 5.73 Å². The number of ether oxygens (including phenoxy) is 1. The molecule has 1 fully saturated rings. The second-order valence-corrected chi connectivity index (χ2v) is 8.43. The Balaban J connectivity index is 1.47. The number of alkyl halides is 3. The summed E-state index contributed by atoms with van der Waals surface area (Å²) in [6.45, 7) is 0.678. The topological polar surface area (TPSA) is 102 Å². The highest BCUT2D eigenvalue weighted by Crippen LogP contribution is 2.33. The van der Waals surface area contributed by atoms with Gasteiger partial charge >= 0.3 is 12.4 Å². The van der Waals surface area contributed by atoms with Crippen LogP contribution in [-0.2, 0) is 17.8 Å². The molecule has 172 valence electrons. The van der Waals surface area contributed by atoms with Gasteiger partial charge in [-0.3, -0.25) is 14.2 Å². The Labute approximate surface area is 190 Å². The molecule has 2 heterocycles. The molecule has 2 aromatic rings. The first kappa shape index (κ1) is 22.7. The van der Waals surface area contributed by atoms with Crippen LogP contribution in [-0.4, -0.2) is 51.7 Å². The lowest BCUT2D eigenvalue weighted by molar-refractivity contribution is -0.351. The van der Waals surface area contributed by atoms with Crippen LogP contribution >= 0.6 is 23.2 Å². The van der Waals surface area contributed by atoms with Gasteiger partial charge < -0.3 is 16.0 Å². The van der Waals surface area contributed by atoms with Gasteiger partial charge in [-0.25, -0.2) is 4.79 Å². The fourth-order valence-electron chi connectivity index (χ4n) is 3.83. The molecule has 8 nitrogen and oxygen atoms in total. The van der Waals surface area contributed by atoms with Crippen LogP contribution in [0.25, 0.3) is 11.3 Å². The van der Waals surface area contributed by atoms with Crippen LogP contribution in [0.5, 0.6) is 0 Å². The van der Waals surface area contributed by atoms with Crippen molar-refractivity contribution in [2.75, 3.05) is 6.54 Å². The molecule has 1 aliphatic carbocycles. The molecule has 2 aliphatic rings. The summed E-state index contributed by atoms with van der Waals surface area (Å²) < 4.78 is 42.3. The minimum absolute atomic E-state index is 0.0631. The number of amides is 3. The van der Waals surface area contributed by atoms with Gasteiger partial charge in [-0.2, -0.15) is 5.10 Å². The molecule has 1 aliphatic heterocycles. The molecular formula is C19H18Cl2F3N5O3. The van der Waals surface area contributed by atoms with Crippen LogP contribution in [0.3, 0.4) is 0 Å². The van der Waals surface area contributed by atoms with E-state index in [9.17, 15) is 22.8 Å². The van der Waals surface area contributed by atoms with E-state index in [0.717, 1.165) is 0 Å². The number of carbonyl (C=O) groups excluding carboxylic acids is 2. The van der Waals surface area contributed by atoms with Crippen molar-refractivity contribution < 1.29 is 27.5 Å². The van der Waals surface area contributed by atoms with Crippen molar-refractivity contribution in [3.05, 3.63) is 39.5 Å². The van der Waals surface area contributed by atoms with Gasteiger partial charge in [-0.05, 0) is 25.0 Å². The zero-order valence-electron chi connectivity index (χ0n) is 16.5. The number of urea groups is 1. The summed E-state index contributed by atoms with van der Waals surface area (Å²) in [5.74, 6) is -0.708. The average molecular weight is 492 g/mol.